The van der Waals surface area contributed by atoms with E-state index in [1.807, 2.05) is 58.9 Å². The summed E-state index contributed by atoms with van der Waals surface area (Å²) >= 11 is 3.56. The second-order valence-electron chi connectivity index (χ2n) is 7.40. The first-order valence-corrected chi connectivity index (χ1v) is 10.7. The Morgan fingerprint density at radius 3 is 2.25 bits per heavy atom. The van der Waals surface area contributed by atoms with E-state index in [-0.39, 0.29) is 6.09 Å². The molecule has 2 rings (SSSR count). The quantitative estimate of drug-likeness (QED) is 0.477. The topological polar surface area (TPSA) is 49.7 Å². The molecular formula is C22H30BrNO4. The fraction of sp³-hybridized carbons (Fsp3) is 0.500. The molecule has 0 aliphatic rings. The minimum atomic E-state index is -0.572. The summed E-state index contributed by atoms with van der Waals surface area (Å²) in [4.78, 5) is 12.9. The molecule has 6 heteroatoms. The zero-order valence-corrected chi connectivity index (χ0v) is 19.0. The lowest BCUT2D eigenvalue weighted by Gasteiger charge is -2.20. The third-order valence-electron chi connectivity index (χ3n) is 4.05. The van der Waals surface area contributed by atoms with Crippen LogP contribution in [0.25, 0.3) is 17.0 Å². The number of rotatable bonds is 8. The van der Waals surface area contributed by atoms with Crippen molar-refractivity contribution in [2.45, 2.75) is 45.5 Å². The molecule has 1 heterocycles. The van der Waals surface area contributed by atoms with Crippen molar-refractivity contribution in [2.24, 2.45) is 0 Å². The number of alkyl halides is 1. The van der Waals surface area contributed by atoms with Crippen LogP contribution in [0.15, 0.2) is 29.8 Å². The van der Waals surface area contributed by atoms with E-state index < -0.39 is 5.60 Å². The number of fused-ring (bicyclic) bond motifs is 1. The van der Waals surface area contributed by atoms with E-state index in [0.29, 0.717) is 31.8 Å². The van der Waals surface area contributed by atoms with Crippen LogP contribution in [-0.4, -0.2) is 42.7 Å². The molecule has 0 unspecified atom stereocenters. The molecule has 0 radical (unpaired) electrons. The number of aromatic nitrogens is 1. The molecule has 0 atom stereocenters. The van der Waals surface area contributed by atoms with Crippen molar-refractivity contribution in [1.29, 1.82) is 0 Å². The third kappa shape index (κ3) is 5.69. The smallest absolute Gasteiger partial charge is 0.419 e. The highest BCUT2D eigenvalue weighted by Crippen LogP contribution is 2.31. The Labute approximate surface area is 175 Å². The molecule has 0 saturated carbocycles. The average Bonchev–Trinajstić information content (AvgIpc) is 2.96. The highest BCUT2D eigenvalue weighted by Gasteiger charge is 2.24. The van der Waals surface area contributed by atoms with Gasteiger partial charge < -0.3 is 14.2 Å². The van der Waals surface area contributed by atoms with Gasteiger partial charge >= 0.3 is 6.09 Å². The molecule has 0 aliphatic heterocycles. The van der Waals surface area contributed by atoms with Crippen molar-refractivity contribution in [3.8, 4) is 0 Å². The normalized spacial score (nSPS) is 11.6. The zero-order valence-electron chi connectivity index (χ0n) is 17.4. The lowest BCUT2D eigenvalue weighted by molar-refractivity contribution is 0.0541. The number of hydrogen-bond acceptors (Lipinski definition) is 4. The Morgan fingerprint density at radius 2 is 1.71 bits per heavy atom. The number of ether oxygens (including phenoxy) is 3. The molecule has 0 saturated heterocycles. The van der Waals surface area contributed by atoms with Crippen LogP contribution in [0.4, 0.5) is 4.79 Å². The van der Waals surface area contributed by atoms with Crippen LogP contribution >= 0.6 is 15.9 Å². The number of hydrogen-bond donors (Lipinski definition) is 0. The van der Waals surface area contributed by atoms with Gasteiger partial charge in [0, 0.05) is 35.2 Å². The summed E-state index contributed by atoms with van der Waals surface area (Å²) in [6.07, 6.45) is 1.69. The fourth-order valence-electron chi connectivity index (χ4n) is 2.92. The van der Waals surface area contributed by atoms with Gasteiger partial charge in [0.05, 0.1) is 18.7 Å². The molecule has 0 amide bonds. The first-order chi connectivity index (χ1) is 13.3. The molecule has 0 spiro atoms. The molecule has 5 nitrogen and oxygen atoms in total. The Hall–Kier alpha value is -1.63. The summed E-state index contributed by atoms with van der Waals surface area (Å²) in [6, 6.07) is 7.86. The van der Waals surface area contributed by atoms with Crippen molar-refractivity contribution in [3.63, 3.8) is 0 Å². The maximum atomic E-state index is 12.9. The predicted molar refractivity (Wildman–Crippen MR) is 117 cm³/mol. The summed E-state index contributed by atoms with van der Waals surface area (Å²) < 4.78 is 18.5. The maximum absolute atomic E-state index is 12.9. The Kier molecular flexibility index (Phi) is 8.28. The van der Waals surface area contributed by atoms with Crippen LogP contribution in [0.2, 0.25) is 0 Å². The molecule has 0 fully saturated rings. The summed E-state index contributed by atoms with van der Waals surface area (Å²) in [5.74, 6) is 0. The number of halogens is 1. The van der Waals surface area contributed by atoms with Gasteiger partial charge in [-0.3, -0.25) is 0 Å². The Bertz CT molecular complexity index is 823. The molecule has 0 aliphatic carbocycles. The lowest BCUT2D eigenvalue weighted by atomic mass is 10.1. The molecule has 0 N–H and O–H groups in total. The van der Waals surface area contributed by atoms with Crippen LogP contribution < -0.4 is 0 Å². The number of nitrogens with zero attached hydrogens (tertiary/aromatic N) is 1. The first-order valence-electron chi connectivity index (χ1n) is 9.58. The van der Waals surface area contributed by atoms with Gasteiger partial charge in [-0.05, 0) is 52.3 Å². The van der Waals surface area contributed by atoms with Crippen LogP contribution in [0.1, 0.15) is 45.9 Å². The summed E-state index contributed by atoms with van der Waals surface area (Å²) in [6.45, 7) is 11.8. The van der Waals surface area contributed by atoms with Gasteiger partial charge in [0.1, 0.15) is 5.60 Å². The van der Waals surface area contributed by atoms with E-state index in [1.165, 1.54) is 0 Å². The highest BCUT2D eigenvalue weighted by molar-refractivity contribution is 9.08. The monoisotopic (exact) mass is 451 g/mol. The molecular weight excluding hydrogens is 422 g/mol. The van der Waals surface area contributed by atoms with Crippen LogP contribution in [0, 0.1) is 0 Å². The van der Waals surface area contributed by atoms with Crippen molar-refractivity contribution in [3.05, 3.63) is 41.1 Å². The van der Waals surface area contributed by atoms with Crippen molar-refractivity contribution >= 4 is 39.0 Å². The van der Waals surface area contributed by atoms with Gasteiger partial charge in [-0.1, -0.05) is 34.1 Å². The minimum absolute atomic E-state index is 0.381. The molecule has 154 valence electrons. The number of para-hydroxylation sites is 1. The van der Waals surface area contributed by atoms with Crippen molar-refractivity contribution < 1.29 is 19.0 Å². The minimum Gasteiger partial charge on any atom is -0.443 e. The molecule has 1 aromatic heterocycles. The number of benzene rings is 1. The SMILES string of the molecule is CCOCC(=Cc1c(CBr)n(C(=O)OC(C)(C)C)c2ccccc12)COCC. The zero-order chi connectivity index (χ0) is 20.7. The molecule has 0 bridgehead atoms. The van der Waals surface area contributed by atoms with E-state index in [9.17, 15) is 4.79 Å². The lowest BCUT2D eigenvalue weighted by Crippen LogP contribution is -2.27. The van der Waals surface area contributed by atoms with Crippen LogP contribution in [0.3, 0.4) is 0 Å². The Morgan fingerprint density at radius 1 is 1.11 bits per heavy atom. The van der Waals surface area contributed by atoms with E-state index in [4.69, 9.17) is 14.2 Å². The van der Waals surface area contributed by atoms with Gasteiger partial charge in [0.2, 0.25) is 0 Å². The van der Waals surface area contributed by atoms with E-state index >= 15 is 0 Å². The van der Waals surface area contributed by atoms with Crippen molar-refractivity contribution in [2.75, 3.05) is 26.4 Å². The average molecular weight is 452 g/mol. The van der Waals surface area contributed by atoms with Gasteiger partial charge in [-0.25, -0.2) is 9.36 Å². The predicted octanol–water partition coefficient (Wildman–Crippen LogP) is 5.78. The van der Waals surface area contributed by atoms with Gasteiger partial charge in [-0.2, -0.15) is 0 Å². The maximum Gasteiger partial charge on any atom is 0.419 e. The molecule has 2 aromatic rings. The highest BCUT2D eigenvalue weighted by atomic mass is 79.9. The number of carbonyl (C=O) groups excluding carboxylic acids is 1. The largest absolute Gasteiger partial charge is 0.443 e. The van der Waals surface area contributed by atoms with Crippen LogP contribution in [-0.2, 0) is 19.5 Å². The van der Waals surface area contributed by atoms with E-state index in [1.54, 1.807) is 4.57 Å². The van der Waals surface area contributed by atoms with Gasteiger partial charge in [0.25, 0.3) is 0 Å². The third-order valence-corrected chi connectivity index (χ3v) is 4.58. The number of carbonyl (C=O) groups is 1. The van der Waals surface area contributed by atoms with E-state index in [0.717, 1.165) is 27.7 Å². The molecule has 28 heavy (non-hydrogen) atoms. The standard InChI is InChI=1S/C22H30BrNO4/c1-6-26-14-16(15-27-7-2)12-18-17-10-8-9-11-19(17)24(20(18)13-23)21(25)28-22(3,4)5/h8-12H,6-7,13-15H2,1-5H3. The summed E-state index contributed by atoms with van der Waals surface area (Å²) in [7, 11) is 0. The van der Waals surface area contributed by atoms with Crippen LogP contribution in [0.5, 0.6) is 0 Å². The van der Waals surface area contributed by atoms with Gasteiger partial charge in [-0.15, -0.1) is 0 Å². The first kappa shape index (κ1) is 22.7. The Balaban J connectivity index is 2.62. The van der Waals surface area contributed by atoms with E-state index in [2.05, 4.69) is 22.0 Å². The van der Waals surface area contributed by atoms with Gasteiger partial charge in [0.15, 0.2) is 0 Å². The fourth-order valence-corrected chi connectivity index (χ4v) is 3.47. The van der Waals surface area contributed by atoms with Crippen molar-refractivity contribution in [1.82, 2.24) is 4.57 Å². The summed E-state index contributed by atoms with van der Waals surface area (Å²) in [5, 5.41) is 1.51. The second-order valence-corrected chi connectivity index (χ2v) is 7.96. The molecule has 1 aromatic carbocycles. The second kappa shape index (κ2) is 10.2. The summed E-state index contributed by atoms with van der Waals surface area (Å²) in [5.41, 5.74) is 3.10.